The molecule has 0 radical (unpaired) electrons. The molecule has 0 amide bonds. The van der Waals surface area contributed by atoms with E-state index in [-0.39, 0.29) is 0 Å². The molecule has 0 spiro atoms. The third-order valence-corrected chi connectivity index (χ3v) is 2.55. The Morgan fingerprint density at radius 3 is 2.20 bits per heavy atom. The van der Waals surface area contributed by atoms with Crippen molar-refractivity contribution in [3.05, 3.63) is 35.9 Å². The van der Waals surface area contributed by atoms with Gasteiger partial charge in [-0.1, -0.05) is 65.1 Å². The molecule has 15 heavy (non-hydrogen) atoms. The second-order valence-electron chi connectivity index (χ2n) is 2.91. The Kier molecular flexibility index (Phi) is 4.26. The van der Waals surface area contributed by atoms with Crippen LogP contribution in [0.1, 0.15) is 11.5 Å². The van der Waals surface area contributed by atoms with Crippen molar-refractivity contribution < 1.29 is 9.53 Å². The Morgan fingerprint density at radius 1 is 1.27 bits per heavy atom. The first-order valence-corrected chi connectivity index (χ1v) is 5.29. The van der Waals surface area contributed by atoms with Gasteiger partial charge in [0.25, 0.3) is 0 Å². The fourth-order valence-electron chi connectivity index (χ4n) is 1.22. The van der Waals surface area contributed by atoms with Gasteiger partial charge in [-0.25, -0.2) is 0 Å². The highest BCUT2D eigenvalue weighted by Crippen LogP contribution is 2.42. The van der Waals surface area contributed by atoms with E-state index in [0.717, 1.165) is 0 Å². The summed E-state index contributed by atoms with van der Waals surface area (Å²) in [6, 6.07) is 8.77. The summed E-state index contributed by atoms with van der Waals surface area (Å²) in [7, 11) is 1.26. The van der Waals surface area contributed by atoms with Crippen LogP contribution in [0.25, 0.3) is 0 Å². The van der Waals surface area contributed by atoms with E-state index < -0.39 is 15.7 Å². The summed E-state index contributed by atoms with van der Waals surface area (Å²) >= 11 is 17.2. The topological polar surface area (TPSA) is 26.3 Å². The van der Waals surface area contributed by atoms with Crippen molar-refractivity contribution in [1.29, 1.82) is 0 Å². The van der Waals surface area contributed by atoms with Gasteiger partial charge < -0.3 is 4.74 Å². The van der Waals surface area contributed by atoms with Crippen LogP contribution in [0, 0.1) is 0 Å². The van der Waals surface area contributed by atoms with Crippen LogP contribution < -0.4 is 0 Å². The Bertz CT molecular complexity index is 332. The first-order chi connectivity index (χ1) is 6.96. The third kappa shape index (κ3) is 3.26. The molecule has 0 unspecified atom stereocenters. The molecule has 0 saturated carbocycles. The van der Waals surface area contributed by atoms with E-state index in [4.69, 9.17) is 34.8 Å². The van der Waals surface area contributed by atoms with Crippen molar-refractivity contribution in [3.8, 4) is 0 Å². The van der Waals surface area contributed by atoms with Gasteiger partial charge in [-0.3, -0.25) is 4.79 Å². The predicted molar refractivity (Wildman–Crippen MR) is 61.5 cm³/mol. The number of carbonyl (C=O) groups is 1. The smallest absolute Gasteiger partial charge is 0.317 e. The fourth-order valence-corrected chi connectivity index (χ4v) is 1.87. The summed E-state index contributed by atoms with van der Waals surface area (Å²) < 4.78 is 2.89. The van der Waals surface area contributed by atoms with Crippen LogP contribution in [0.2, 0.25) is 0 Å². The molecular formula is C10H9Cl3O2. The van der Waals surface area contributed by atoms with Gasteiger partial charge >= 0.3 is 5.97 Å². The number of hydrogen-bond acceptors (Lipinski definition) is 2. The SMILES string of the molecule is COC(=O)[C@@H](c1ccccc1)C(Cl)(Cl)Cl. The zero-order valence-electron chi connectivity index (χ0n) is 7.91. The molecule has 5 heteroatoms. The lowest BCUT2D eigenvalue weighted by molar-refractivity contribution is -0.142. The molecule has 0 N–H and O–H groups in total. The first kappa shape index (κ1) is 12.6. The minimum absolute atomic E-state index is 0.568. The van der Waals surface area contributed by atoms with Crippen molar-refractivity contribution in [2.24, 2.45) is 0 Å². The van der Waals surface area contributed by atoms with Gasteiger partial charge in [0.05, 0.1) is 7.11 Å². The largest absolute Gasteiger partial charge is 0.468 e. The van der Waals surface area contributed by atoms with Crippen LogP contribution in [-0.4, -0.2) is 16.9 Å². The van der Waals surface area contributed by atoms with Crippen molar-refractivity contribution in [3.63, 3.8) is 0 Å². The van der Waals surface area contributed by atoms with E-state index in [0.29, 0.717) is 5.56 Å². The van der Waals surface area contributed by atoms with Crippen molar-refractivity contribution in [1.82, 2.24) is 0 Å². The predicted octanol–water partition coefficient (Wildman–Crippen LogP) is 3.31. The third-order valence-electron chi connectivity index (χ3n) is 1.90. The number of methoxy groups -OCH3 is 1. The van der Waals surface area contributed by atoms with Crippen LogP contribution >= 0.6 is 34.8 Å². The Morgan fingerprint density at radius 2 is 1.80 bits per heavy atom. The van der Waals surface area contributed by atoms with Gasteiger partial charge in [0, 0.05) is 0 Å². The minimum Gasteiger partial charge on any atom is -0.468 e. The van der Waals surface area contributed by atoms with Crippen LogP contribution in [0.5, 0.6) is 0 Å². The molecule has 0 fully saturated rings. The number of carbonyl (C=O) groups excluding carboxylic acids is 1. The molecule has 0 bridgehead atoms. The van der Waals surface area contributed by atoms with E-state index >= 15 is 0 Å². The fraction of sp³-hybridized carbons (Fsp3) is 0.300. The quantitative estimate of drug-likeness (QED) is 0.607. The van der Waals surface area contributed by atoms with Gasteiger partial charge in [-0.15, -0.1) is 0 Å². The number of benzene rings is 1. The molecule has 82 valence electrons. The molecule has 0 saturated heterocycles. The zero-order chi connectivity index (χ0) is 11.5. The number of halogens is 3. The van der Waals surface area contributed by atoms with Crippen LogP contribution in [0.3, 0.4) is 0 Å². The van der Waals surface area contributed by atoms with E-state index in [1.54, 1.807) is 24.3 Å². The second kappa shape index (κ2) is 5.06. The highest BCUT2D eigenvalue weighted by atomic mass is 35.6. The maximum atomic E-state index is 11.5. The molecule has 0 aromatic heterocycles. The maximum Gasteiger partial charge on any atom is 0.317 e. The zero-order valence-corrected chi connectivity index (χ0v) is 10.2. The summed E-state index contributed by atoms with van der Waals surface area (Å²) in [5.41, 5.74) is 0.615. The number of alkyl halides is 3. The average molecular weight is 268 g/mol. The number of hydrogen-bond donors (Lipinski definition) is 0. The molecule has 1 atom stereocenters. The van der Waals surface area contributed by atoms with Gasteiger partial charge in [0.15, 0.2) is 0 Å². The highest BCUT2D eigenvalue weighted by Gasteiger charge is 2.40. The molecule has 1 aromatic rings. The molecule has 0 heterocycles. The number of ether oxygens (including phenoxy) is 1. The van der Waals surface area contributed by atoms with Crippen molar-refractivity contribution >= 4 is 40.8 Å². The molecule has 0 aliphatic rings. The summed E-state index contributed by atoms with van der Waals surface area (Å²) in [5, 5.41) is 0. The Balaban J connectivity index is 3.08. The van der Waals surface area contributed by atoms with Crippen LogP contribution in [0.4, 0.5) is 0 Å². The second-order valence-corrected chi connectivity index (χ2v) is 5.28. The molecular weight excluding hydrogens is 258 g/mol. The summed E-state index contributed by atoms with van der Waals surface area (Å²) in [4.78, 5) is 11.5. The average Bonchev–Trinajstić information content (AvgIpc) is 2.17. The standard InChI is InChI=1S/C10H9Cl3O2/c1-15-9(14)8(10(11,12)13)7-5-3-2-4-6-7/h2-6,8H,1H3/t8-/m1/s1. The lowest BCUT2D eigenvalue weighted by Crippen LogP contribution is -2.26. The van der Waals surface area contributed by atoms with E-state index in [1.807, 2.05) is 6.07 Å². The number of esters is 1. The summed E-state index contributed by atoms with van der Waals surface area (Å²) in [6.07, 6.45) is 0. The molecule has 2 nitrogen and oxygen atoms in total. The summed E-state index contributed by atoms with van der Waals surface area (Å²) in [5.74, 6) is -1.48. The minimum atomic E-state index is -1.71. The van der Waals surface area contributed by atoms with Gasteiger partial charge in [0.2, 0.25) is 3.79 Å². The van der Waals surface area contributed by atoms with Crippen LogP contribution in [0.15, 0.2) is 30.3 Å². The molecule has 1 rings (SSSR count). The lowest BCUT2D eigenvalue weighted by Gasteiger charge is -2.22. The van der Waals surface area contributed by atoms with Crippen molar-refractivity contribution in [2.45, 2.75) is 9.71 Å². The molecule has 1 aromatic carbocycles. The lowest BCUT2D eigenvalue weighted by atomic mass is 10.0. The number of rotatable bonds is 2. The molecule has 0 aliphatic carbocycles. The van der Waals surface area contributed by atoms with Gasteiger partial charge in [0.1, 0.15) is 5.92 Å². The Labute approximate surface area is 103 Å². The van der Waals surface area contributed by atoms with E-state index in [2.05, 4.69) is 4.74 Å². The monoisotopic (exact) mass is 266 g/mol. The molecule has 0 aliphatic heterocycles. The van der Waals surface area contributed by atoms with E-state index in [1.165, 1.54) is 7.11 Å². The van der Waals surface area contributed by atoms with Gasteiger partial charge in [-0.05, 0) is 5.56 Å². The summed E-state index contributed by atoms with van der Waals surface area (Å²) in [6.45, 7) is 0. The van der Waals surface area contributed by atoms with Crippen LogP contribution in [-0.2, 0) is 9.53 Å². The normalized spacial score (nSPS) is 13.3. The highest BCUT2D eigenvalue weighted by molar-refractivity contribution is 6.68. The first-order valence-electron chi connectivity index (χ1n) is 4.16. The van der Waals surface area contributed by atoms with E-state index in [9.17, 15) is 4.79 Å². The maximum absolute atomic E-state index is 11.5. The Hall–Kier alpha value is -0.440. The van der Waals surface area contributed by atoms with Crippen molar-refractivity contribution in [2.75, 3.05) is 7.11 Å². The van der Waals surface area contributed by atoms with Gasteiger partial charge in [-0.2, -0.15) is 0 Å².